The van der Waals surface area contributed by atoms with Gasteiger partial charge in [0.15, 0.2) is 5.75 Å². The maximum absolute atomic E-state index is 12.7. The second kappa shape index (κ2) is 7.77. The van der Waals surface area contributed by atoms with E-state index in [2.05, 4.69) is 15.6 Å². The number of methoxy groups -OCH3 is 1. The van der Waals surface area contributed by atoms with Crippen LogP contribution < -0.4 is 15.4 Å². The van der Waals surface area contributed by atoms with Crippen LogP contribution in [0.2, 0.25) is 5.02 Å². The molecule has 0 fully saturated rings. The van der Waals surface area contributed by atoms with Crippen molar-refractivity contribution in [1.29, 1.82) is 0 Å². The highest BCUT2D eigenvalue weighted by molar-refractivity contribution is 6.32. The average Bonchev–Trinajstić information content (AvgIpc) is 2.96. The number of nitrogens with zero attached hydrogens (tertiary/aromatic N) is 2. The van der Waals surface area contributed by atoms with Gasteiger partial charge in [0.25, 0.3) is 0 Å². The van der Waals surface area contributed by atoms with Crippen molar-refractivity contribution in [3.05, 3.63) is 41.4 Å². The molecular weight excluding hydrogens is 330 g/mol. The smallest absolute Gasteiger partial charge is 0.319 e. The van der Waals surface area contributed by atoms with E-state index in [1.807, 2.05) is 0 Å². The predicted octanol–water partition coefficient (Wildman–Crippen LogP) is 3.30. The van der Waals surface area contributed by atoms with E-state index in [0.29, 0.717) is 16.5 Å². The van der Waals surface area contributed by atoms with Crippen molar-refractivity contribution in [1.82, 2.24) is 14.9 Å². The van der Waals surface area contributed by atoms with E-state index in [4.69, 9.17) is 16.3 Å². The lowest BCUT2D eigenvalue weighted by molar-refractivity contribution is 0.0670. The normalized spacial score (nSPS) is 10.7. The van der Waals surface area contributed by atoms with Gasteiger partial charge in [-0.05, 0) is 12.1 Å². The highest BCUT2D eigenvalue weighted by Gasteiger charge is 2.12. The Balaban J connectivity index is 1.89. The van der Waals surface area contributed by atoms with Gasteiger partial charge in [0.1, 0.15) is 5.82 Å². The van der Waals surface area contributed by atoms with E-state index < -0.39 is 12.6 Å². The molecule has 0 atom stereocenters. The van der Waals surface area contributed by atoms with E-state index in [-0.39, 0.29) is 18.8 Å². The van der Waals surface area contributed by atoms with Crippen LogP contribution in [0.5, 0.6) is 5.75 Å². The number of imidazole rings is 1. The SMILES string of the molecule is COc1c(Cl)cccc1NC(=O)NCCc1nccn1C(F)F. The Kier molecular flexibility index (Phi) is 5.75. The number of halogens is 3. The minimum atomic E-state index is -2.66. The molecule has 0 aliphatic carbocycles. The van der Waals surface area contributed by atoms with Gasteiger partial charge in [-0.25, -0.2) is 9.78 Å². The maximum Gasteiger partial charge on any atom is 0.319 e. The van der Waals surface area contributed by atoms with Crippen LogP contribution in [0.1, 0.15) is 12.4 Å². The summed E-state index contributed by atoms with van der Waals surface area (Å²) in [6, 6.07) is 4.43. The standard InChI is InChI=1S/C14H15ClF2N4O2/c1-23-12-9(15)3-2-4-10(12)20-14(22)19-6-5-11-18-7-8-21(11)13(16)17/h2-4,7-8,13H,5-6H2,1H3,(H2,19,20,22). The molecular formula is C14H15ClF2N4O2. The third-order valence-corrected chi connectivity index (χ3v) is 3.31. The molecule has 1 aromatic heterocycles. The van der Waals surface area contributed by atoms with E-state index in [1.54, 1.807) is 18.2 Å². The molecule has 0 unspecified atom stereocenters. The van der Waals surface area contributed by atoms with Gasteiger partial charge < -0.3 is 15.4 Å². The first-order valence-electron chi connectivity index (χ1n) is 6.70. The predicted molar refractivity (Wildman–Crippen MR) is 82.2 cm³/mol. The fourth-order valence-electron chi connectivity index (χ4n) is 1.98. The molecule has 0 aliphatic rings. The van der Waals surface area contributed by atoms with Gasteiger partial charge in [-0.1, -0.05) is 17.7 Å². The van der Waals surface area contributed by atoms with Crippen LogP contribution in [0.4, 0.5) is 19.3 Å². The minimum absolute atomic E-state index is 0.151. The molecule has 1 aromatic carbocycles. The number of amides is 2. The summed E-state index contributed by atoms with van der Waals surface area (Å²) < 4.78 is 31.2. The first kappa shape index (κ1) is 17.0. The molecule has 0 aliphatic heterocycles. The second-order valence-corrected chi connectivity index (χ2v) is 4.89. The zero-order valence-corrected chi connectivity index (χ0v) is 13.0. The molecule has 2 amide bonds. The van der Waals surface area contributed by atoms with Crippen LogP contribution in [-0.4, -0.2) is 29.2 Å². The lowest BCUT2D eigenvalue weighted by Gasteiger charge is -2.12. The summed E-state index contributed by atoms with van der Waals surface area (Å²) in [5, 5.41) is 5.51. The first-order valence-corrected chi connectivity index (χ1v) is 7.08. The van der Waals surface area contributed by atoms with Crippen LogP contribution >= 0.6 is 11.6 Å². The van der Waals surface area contributed by atoms with Crippen LogP contribution in [-0.2, 0) is 6.42 Å². The Morgan fingerprint density at radius 3 is 2.96 bits per heavy atom. The monoisotopic (exact) mass is 344 g/mol. The molecule has 124 valence electrons. The number of hydrogen-bond acceptors (Lipinski definition) is 3. The molecule has 0 saturated heterocycles. The number of para-hydroxylation sites is 1. The number of hydrogen-bond donors (Lipinski definition) is 2. The van der Waals surface area contributed by atoms with Crippen molar-refractivity contribution in [3.63, 3.8) is 0 Å². The molecule has 0 radical (unpaired) electrons. The molecule has 0 saturated carbocycles. The third kappa shape index (κ3) is 4.32. The lowest BCUT2D eigenvalue weighted by atomic mass is 10.3. The molecule has 2 aromatic rings. The first-order chi connectivity index (χ1) is 11.0. The number of alkyl halides is 2. The van der Waals surface area contributed by atoms with Crippen molar-refractivity contribution >= 4 is 23.3 Å². The topological polar surface area (TPSA) is 68.2 Å². The van der Waals surface area contributed by atoms with Crippen LogP contribution in [0, 0.1) is 0 Å². The van der Waals surface area contributed by atoms with Crippen LogP contribution in [0.25, 0.3) is 0 Å². The highest BCUT2D eigenvalue weighted by Crippen LogP contribution is 2.32. The summed E-state index contributed by atoms with van der Waals surface area (Å²) in [5.41, 5.74) is 0.409. The Hall–Kier alpha value is -2.35. The summed E-state index contributed by atoms with van der Waals surface area (Å²) in [6.45, 7) is -2.50. The summed E-state index contributed by atoms with van der Waals surface area (Å²) in [5.74, 6) is 0.540. The number of carbonyl (C=O) groups is 1. The maximum atomic E-state index is 12.7. The van der Waals surface area contributed by atoms with Crippen molar-refractivity contribution in [3.8, 4) is 5.75 Å². The van der Waals surface area contributed by atoms with Gasteiger partial charge in [-0.15, -0.1) is 0 Å². The molecule has 0 bridgehead atoms. The second-order valence-electron chi connectivity index (χ2n) is 4.48. The Labute approximate surface area is 136 Å². The van der Waals surface area contributed by atoms with Crippen molar-refractivity contribution < 1.29 is 18.3 Å². The van der Waals surface area contributed by atoms with Gasteiger partial charge in [0.2, 0.25) is 0 Å². The number of rotatable bonds is 6. The van der Waals surface area contributed by atoms with E-state index >= 15 is 0 Å². The van der Waals surface area contributed by atoms with Gasteiger partial charge in [0, 0.05) is 25.4 Å². The van der Waals surface area contributed by atoms with Crippen LogP contribution in [0.3, 0.4) is 0 Å². The Morgan fingerprint density at radius 2 is 2.26 bits per heavy atom. The summed E-state index contributed by atoms with van der Waals surface area (Å²) >= 11 is 5.95. The fraction of sp³-hybridized carbons (Fsp3) is 0.286. The number of nitrogens with one attached hydrogen (secondary N) is 2. The molecule has 2 rings (SSSR count). The van der Waals surface area contributed by atoms with E-state index in [9.17, 15) is 13.6 Å². The van der Waals surface area contributed by atoms with E-state index in [0.717, 1.165) is 4.57 Å². The van der Waals surface area contributed by atoms with Crippen molar-refractivity contribution in [2.24, 2.45) is 0 Å². The van der Waals surface area contributed by atoms with Gasteiger partial charge in [-0.3, -0.25) is 4.57 Å². The zero-order valence-electron chi connectivity index (χ0n) is 12.2. The van der Waals surface area contributed by atoms with Gasteiger partial charge >= 0.3 is 12.6 Å². The summed E-state index contributed by atoms with van der Waals surface area (Å²) in [7, 11) is 1.44. The van der Waals surface area contributed by atoms with Crippen molar-refractivity contribution in [2.75, 3.05) is 19.0 Å². The van der Waals surface area contributed by atoms with Gasteiger partial charge in [-0.2, -0.15) is 8.78 Å². The summed E-state index contributed by atoms with van der Waals surface area (Å²) in [6.07, 6.45) is 2.66. The lowest BCUT2D eigenvalue weighted by Crippen LogP contribution is -2.31. The molecule has 9 heteroatoms. The van der Waals surface area contributed by atoms with Crippen LogP contribution in [0.15, 0.2) is 30.6 Å². The molecule has 2 N–H and O–H groups in total. The largest absolute Gasteiger partial charge is 0.493 e. The number of anilines is 1. The van der Waals surface area contributed by atoms with Crippen molar-refractivity contribution in [2.45, 2.75) is 13.0 Å². The third-order valence-electron chi connectivity index (χ3n) is 3.01. The molecule has 6 nitrogen and oxygen atoms in total. The number of aromatic nitrogens is 2. The Bertz CT molecular complexity index is 679. The quantitative estimate of drug-likeness (QED) is 0.844. The zero-order chi connectivity index (χ0) is 16.8. The summed E-state index contributed by atoms with van der Waals surface area (Å²) in [4.78, 5) is 15.7. The fourth-order valence-corrected chi connectivity index (χ4v) is 2.24. The highest BCUT2D eigenvalue weighted by atomic mass is 35.5. The minimum Gasteiger partial charge on any atom is -0.493 e. The Morgan fingerprint density at radius 1 is 1.48 bits per heavy atom. The number of carbonyl (C=O) groups excluding carboxylic acids is 1. The number of urea groups is 1. The van der Waals surface area contributed by atoms with E-state index in [1.165, 1.54) is 19.5 Å². The molecule has 23 heavy (non-hydrogen) atoms. The van der Waals surface area contributed by atoms with Gasteiger partial charge in [0.05, 0.1) is 17.8 Å². The number of benzene rings is 1. The molecule has 1 heterocycles. The average molecular weight is 345 g/mol. The molecule has 0 spiro atoms. The number of ether oxygens (including phenoxy) is 1.